The van der Waals surface area contributed by atoms with E-state index < -0.39 is 0 Å². The topological polar surface area (TPSA) is 73.0 Å². The van der Waals surface area contributed by atoms with Crippen molar-refractivity contribution in [1.82, 2.24) is 19.9 Å². The molecule has 0 saturated carbocycles. The highest BCUT2D eigenvalue weighted by Crippen LogP contribution is 2.23. The minimum Gasteiger partial charge on any atom is -0.449 e. The van der Waals surface area contributed by atoms with Crippen molar-refractivity contribution in [3.05, 3.63) is 83.8 Å². The molecule has 0 aliphatic rings. The first-order valence-corrected chi connectivity index (χ1v) is 8.32. The molecule has 0 radical (unpaired) electrons. The van der Waals surface area contributed by atoms with E-state index in [1.54, 1.807) is 12.3 Å². The van der Waals surface area contributed by atoms with Gasteiger partial charge >= 0.3 is 0 Å². The Balaban J connectivity index is 1.68. The summed E-state index contributed by atoms with van der Waals surface area (Å²) in [5, 5.41) is 3.02. The summed E-state index contributed by atoms with van der Waals surface area (Å²) >= 11 is 0. The average Bonchev–Trinajstić information content (AvgIpc) is 3.26. The Hall–Kier alpha value is -3.41. The van der Waals surface area contributed by atoms with E-state index in [2.05, 4.69) is 15.3 Å². The lowest BCUT2D eigenvalue weighted by Gasteiger charge is -2.18. The lowest BCUT2D eigenvalue weighted by atomic mass is 10.1. The molecule has 0 aliphatic carbocycles. The van der Waals surface area contributed by atoms with Crippen molar-refractivity contribution in [3.8, 4) is 0 Å². The van der Waals surface area contributed by atoms with Crippen LogP contribution in [0.1, 0.15) is 33.7 Å². The molecular formula is C20H18N4O2. The molecule has 0 unspecified atom stereocenters. The van der Waals surface area contributed by atoms with E-state index in [1.165, 1.54) is 0 Å². The number of amides is 1. The molecule has 4 rings (SSSR count). The molecule has 26 heavy (non-hydrogen) atoms. The molecule has 1 atom stereocenters. The van der Waals surface area contributed by atoms with Gasteiger partial charge in [0.15, 0.2) is 11.3 Å². The van der Waals surface area contributed by atoms with Gasteiger partial charge in [-0.25, -0.2) is 9.97 Å². The molecule has 1 aromatic carbocycles. The van der Waals surface area contributed by atoms with Crippen LogP contribution in [0.3, 0.4) is 0 Å². The van der Waals surface area contributed by atoms with Crippen LogP contribution in [0.15, 0.2) is 65.3 Å². The normalized spacial score (nSPS) is 12.2. The number of carbonyl (C=O) groups excluding carboxylic acids is 1. The zero-order valence-corrected chi connectivity index (χ0v) is 14.5. The van der Waals surface area contributed by atoms with Crippen LogP contribution in [0.4, 0.5) is 0 Å². The average molecular weight is 346 g/mol. The first kappa shape index (κ1) is 16.1. The van der Waals surface area contributed by atoms with Gasteiger partial charge in [-0.3, -0.25) is 4.79 Å². The fourth-order valence-corrected chi connectivity index (χ4v) is 2.94. The minimum absolute atomic E-state index is 0.230. The number of imidazole rings is 1. The molecular weight excluding hydrogens is 328 g/mol. The lowest BCUT2D eigenvalue weighted by molar-refractivity contribution is 0.0915. The second kappa shape index (κ2) is 6.48. The smallest absolute Gasteiger partial charge is 0.287 e. The predicted molar refractivity (Wildman–Crippen MR) is 97.7 cm³/mol. The molecule has 0 saturated heterocycles. The Labute approximate surface area is 150 Å². The van der Waals surface area contributed by atoms with E-state index in [4.69, 9.17) is 4.42 Å². The maximum atomic E-state index is 12.8. The van der Waals surface area contributed by atoms with Crippen LogP contribution in [0.25, 0.3) is 11.1 Å². The maximum Gasteiger partial charge on any atom is 0.287 e. The predicted octanol–water partition coefficient (Wildman–Crippen LogP) is 3.39. The monoisotopic (exact) mass is 346 g/mol. The Morgan fingerprint density at radius 2 is 2.00 bits per heavy atom. The summed E-state index contributed by atoms with van der Waals surface area (Å²) in [6.45, 7) is 1.90. The van der Waals surface area contributed by atoms with Gasteiger partial charge in [0.05, 0.1) is 0 Å². The molecule has 4 aromatic rings. The molecule has 6 nitrogen and oxygen atoms in total. The number of pyridine rings is 1. The van der Waals surface area contributed by atoms with Crippen molar-refractivity contribution in [3.63, 3.8) is 0 Å². The SMILES string of the molecule is Cc1ccc2oc(C(=O)N[C@@H](c3ccccc3)c3nccn3C)cc2n1. The number of carbonyl (C=O) groups is 1. The van der Waals surface area contributed by atoms with Gasteiger partial charge in [0, 0.05) is 31.2 Å². The first-order chi connectivity index (χ1) is 12.6. The van der Waals surface area contributed by atoms with Gasteiger partial charge in [0.2, 0.25) is 0 Å². The number of furan rings is 1. The molecule has 0 fully saturated rings. The van der Waals surface area contributed by atoms with E-state index >= 15 is 0 Å². The summed E-state index contributed by atoms with van der Waals surface area (Å²) in [6.07, 6.45) is 3.57. The van der Waals surface area contributed by atoms with Crippen molar-refractivity contribution in [2.24, 2.45) is 7.05 Å². The van der Waals surface area contributed by atoms with E-state index in [9.17, 15) is 4.79 Å². The lowest BCUT2D eigenvalue weighted by Crippen LogP contribution is -2.30. The van der Waals surface area contributed by atoms with E-state index in [0.717, 1.165) is 17.1 Å². The van der Waals surface area contributed by atoms with Gasteiger partial charge in [0.25, 0.3) is 5.91 Å². The van der Waals surface area contributed by atoms with Gasteiger partial charge in [-0.05, 0) is 24.6 Å². The Morgan fingerprint density at radius 1 is 1.19 bits per heavy atom. The number of nitrogens with one attached hydrogen (secondary N) is 1. The van der Waals surface area contributed by atoms with Crippen molar-refractivity contribution in [1.29, 1.82) is 0 Å². The third-order valence-corrected chi connectivity index (χ3v) is 4.26. The number of hydrogen-bond acceptors (Lipinski definition) is 4. The summed E-state index contributed by atoms with van der Waals surface area (Å²) in [5.74, 6) is 0.667. The first-order valence-electron chi connectivity index (χ1n) is 8.32. The summed E-state index contributed by atoms with van der Waals surface area (Å²) in [4.78, 5) is 21.6. The molecule has 3 heterocycles. The highest BCUT2D eigenvalue weighted by atomic mass is 16.3. The zero-order valence-electron chi connectivity index (χ0n) is 14.5. The zero-order chi connectivity index (χ0) is 18.1. The number of nitrogens with zero attached hydrogens (tertiary/aromatic N) is 3. The number of hydrogen-bond donors (Lipinski definition) is 1. The summed E-state index contributed by atoms with van der Waals surface area (Å²) in [6, 6.07) is 14.7. The molecule has 0 spiro atoms. The van der Waals surface area contributed by atoms with Crippen LogP contribution in [-0.4, -0.2) is 20.4 Å². The van der Waals surface area contributed by atoms with Crippen molar-refractivity contribution >= 4 is 17.0 Å². The van der Waals surface area contributed by atoms with Crippen molar-refractivity contribution < 1.29 is 9.21 Å². The van der Waals surface area contributed by atoms with Gasteiger partial charge < -0.3 is 14.3 Å². The van der Waals surface area contributed by atoms with Crippen LogP contribution < -0.4 is 5.32 Å². The number of rotatable bonds is 4. The fraction of sp³-hybridized carbons (Fsp3) is 0.150. The second-order valence-electron chi connectivity index (χ2n) is 6.16. The highest BCUT2D eigenvalue weighted by molar-refractivity contribution is 5.95. The molecule has 0 bridgehead atoms. The van der Waals surface area contributed by atoms with Gasteiger partial charge in [-0.1, -0.05) is 30.3 Å². The quantitative estimate of drug-likeness (QED) is 0.615. The minimum atomic E-state index is -0.383. The number of fused-ring (bicyclic) bond motifs is 1. The van der Waals surface area contributed by atoms with E-state index in [1.807, 2.05) is 67.2 Å². The molecule has 3 aromatic heterocycles. The second-order valence-corrected chi connectivity index (χ2v) is 6.16. The fourth-order valence-electron chi connectivity index (χ4n) is 2.94. The molecule has 1 N–H and O–H groups in total. The largest absolute Gasteiger partial charge is 0.449 e. The molecule has 1 amide bonds. The summed E-state index contributed by atoms with van der Waals surface area (Å²) in [5.41, 5.74) is 3.08. The Morgan fingerprint density at radius 3 is 2.73 bits per heavy atom. The van der Waals surface area contributed by atoms with Crippen molar-refractivity contribution in [2.75, 3.05) is 0 Å². The van der Waals surface area contributed by atoms with Crippen LogP contribution >= 0.6 is 0 Å². The maximum absolute atomic E-state index is 12.8. The Bertz CT molecular complexity index is 1070. The number of benzene rings is 1. The van der Waals surface area contributed by atoms with Gasteiger partial charge in [-0.2, -0.15) is 0 Å². The molecule has 0 aliphatic heterocycles. The number of aryl methyl sites for hydroxylation is 2. The van der Waals surface area contributed by atoms with Crippen LogP contribution in [-0.2, 0) is 7.05 Å². The third-order valence-electron chi connectivity index (χ3n) is 4.26. The van der Waals surface area contributed by atoms with E-state index in [-0.39, 0.29) is 17.7 Å². The highest BCUT2D eigenvalue weighted by Gasteiger charge is 2.23. The van der Waals surface area contributed by atoms with Crippen LogP contribution in [0.2, 0.25) is 0 Å². The molecule has 6 heteroatoms. The number of aromatic nitrogens is 3. The van der Waals surface area contributed by atoms with E-state index in [0.29, 0.717) is 11.1 Å². The standard InChI is InChI=1S/C20H18N4O2/c1-13-8-9-16-15(22-13)12-17(26-16)20(25)23-18(14-6-4-3-5-7-14)19-21-10-11-24(19)2/h3-12,18H,1-2H3,(H,23,25)/t18-/m0/s1. The third kappa shape index (κ3) is 2.97. The van der Waals surface area contributed by atoms with Crippen LogP contribution in [0.5, 0.6) is 0 Å². The summed E-state index contributed by atoms with van der Waals surface area (Å²) < 4.78 is 7.56. The van der Waals surface area contributed by atoms with Crippen molar-refractivity contribution in [2.45, 2.75) is 13.0 Å². The summed E-state index contributed by atoms with van der Waals surface area (Å²) in [7, 11) is 1.90. The van der Waals surface area contributed by atoms with Gasteiger partial charge in [0.1, 0.15) is 17.4 Å². The van der Waals surface area contributed by atoms with Gasteiger partial charge in [-0.15, -0.1) is 0 Å². The Kier molecular flexibility index (Phi) is 4.01. The molecule has 130 valence electrons. The van der Waals surface area contributed by atoms with Crippen LogP contribution in [0, 0.1) is 6.92 Å².